The van der Waals surface area contributed by atoms with E-state index >= 15 is 0 Å². The van der Waals surface area contributed by atoms with Gasteiger partial charge >= 0.3 is 0 Å². The fraction of sp³-hybridized carbons (Fsp3) is 0.652. The quantitative estimate of drug-likeness (QED) is 0.663. The largest absolute Gasteiger partial charge is 0.342 e. The average molecular weight is 441 g/mol. The van der Waals surface area contributed by atoms with Crippen LogP contribution in [0.4, 0.5) is 0 Å². The highest BCUT2D eigenvalue weighted by atomic mass is 32.1. The molecule has 2 aliphatic heterocycles. The first-order valence-electron chi connectivity index (χ1n) is 11.7. The second kappa shape index (κ2) is 8.82. The smallest absolute Gasteiger partial charge is 0.225 e. The third-order valence-electron chi connectivity index (χ3n) is 6.94. The van der Waals surface area contributed by atoms with Crippen molar-refractivity contribution in [2.45, 2.75) is 58.2 Å². The number of hydrogen-bond donors (Lipinski definition) is 0. The minimum absolute atomic E-state index is 0.171. The molecule has 0 N–H and O–H groups in total. The molecular weight excluding hydrogens is 408 g/mol. The van der Waals surface area contributed by atoms with E-state index in [1.807, 2.05) is 23.0 Å². The van der Waals surface area contributed by atoms with Crippen LogP contribution in [0.2, 0.25) is 0 Å². The SMILES string of the molecule is CC1CCCN(C(=O)C2CCN(Cn3nc(-c4cccnc4)n(C4CC4)c3=S)CC2)C1. The van der Waals surface area contributed by atoms with Gasteiger partial charge in [-0.3, -0.25) is 19.2 Å². The van der Waals surface area contributed by atoms with Gasteiger partial charge in [0.05, 0.1) is 6.67 Å². The molecule has 0 radical (unpaired) electrons. The van der Waals surface area contributed by atoms with E-state index in [9.17, 15) is 4.79 Å². The molecule has 1 atom stereocenters. The van der Waals surface area contributed by atoms with Crippen LogP contribution in [0.3, 0.4) is 0 Å². The first kappa shape index (κ1) is 20.8. The number of likely N-dealkylation sites (tertiary alicyclic amines) is 2. The van der Waals surface area contributed by atoms with Gasteiger partial charge in [0.15, 0.2) is 10.6 Å². The molecule has 1 unspecified atom stereocenters. The van der Waals surface area contributed by atoms with Gasteiger partial charge in [0.25, 0.3) is 0 Å². The first-order valence-corrected chi connectivity index (χ1v) is 12.1. The summed E-state index contributed by atoms with van der Waals surface area (Å²) in [6.07, 6.45) is 10.2. The number of rotatable bonds is 5. The second-order valence-corrected chi connectivity index (χ2v) is 9.88. The Morgan fingerprint density at radius 2 is 1.97 bits per heavy atom. The van der Waals surface area contributed by atoms with Crippen molar-refractivity contribution in [3.05, 3.63) is 29.3 Å². The van der Waals surface area contributed by atoms with Crippen molar-refractivity contribution < 1.29 is 4.79 Å². The Morgan fingerprint density at radius 1 is 1.16 bits per heavy atom. The Bertz CT molecular complexity index is 974. The molecule has 1 aliphatic carbocycles. The topological polar surface area (TPSA) is 59.2 Å². The molecule has 2 saturated heterocycles. The van der Waals surface area contributed by atoms with Gasteiger partial charge in [0.1, 0.15) is 0 Å². The van der Waals surface area contributed by atoms with Crippen LogP contribution in [0, 0.1) is 16.6 Å². The van der Waals surface area contributed by atoms with Crippen molar-refractivity contribution in [1.29, 1.82) is 0 Å². The van der Waals surface area contributed by atoms with E-state index in [1.165, 1.54) is 6.42 Å². The van der Waals surface area contributed by atoms with Crippen LogP contribution in [-0.4, -0.2) is 61.2 Å². The molecule has 31 heavy (non-hydrogen) atoms. The van der Waals surface area contributed by atoms with Crippen molar-refractivity contribution in [3.63, 3.8) is 0 Å². The molecule has 3 fully saturated rings. The minimum atomic E-state index is 0.171. The summed E-state index contributed by atoms with van der Waals surface area (Å²) in [6.45, 7) is 6.65. The van der Waals surface area contributed by atoms with Gasteiger partial charge in [0, 0.05) is 56.1 Å². The van der Waals surface area contributed by atoms with E-state index in [0.29, 0.717) is 24.5 Å². The molecule has 8 heteroatoms. The Morgan fingerprint density at radius 3 is 2.65 bits per heavy atom. The minimum Gasteiger partial charge on any atom is -0.342 e. The van der Waals surface area contributed by atoms with Crippen molar-refractivity contribution in [2.24, 2.45) is 11.8 Å². The lowest BCUT2D eigenvalue weighted by Crippen LogP contribution is -2.46. The summed E-state index contributed by atoms with van der Waals surface area (Å²) in [5, 5.41) is 4.89. The molecule has 0 spiro atoms. The lowest BCUT2D eigenvalue weighted by Gasteiger charge is -2.37. The van der Waals surface area contributed by atoms with E-state index in [4.69, 9.17) is 17.3 Å². The fourth-order valence-electron chi connectivity index (χ4n) is 5.02. The Kier molecular flexibility index (Phi) is 5.93. The zero-order valence-electron chi connectivity index (χ0n) is 18.3. The standard InChI is InChI=1S/C23H32N6OS/c1-17-4-3-11-27(15-17)22(30)18-8-12-26(13-9-18)16-28-23(31)29(20-6-7-20)21(25-28)19-5-2-10-24-14-19/h2,5,10,14,17-18,20H,3-4,6-9,11-13,15-16H2,1H3. The van der Waals surface area contributed by atoms with Crippen molar-refractivity contribution >= 4 is 18.1 Å². The maximum Gasteiger partial charge on any atom is 0.225 e. The predicted molar refractivity (Wildman–Crippen MR) is 122 cm³/mol. The summed E-state index contributed by atoms with van der Waals surface area (Å²) in [6, 6.07) is 4.46. The molecule has 3 aliphatic rings. The zero-order chi connectivity index (χ0) is 21.4. The number of piperidine rings is 2. The highest BCUT2D eigenvalue weighted by molar-refractivity contribution is 7.71. The number of pyridine rings is 1. The molecule has 166 valence electrons. The summed E-state index contributed by atoms with van der Waals surface area (Å²) in [5.74, 6) is 2.10. The molecule has 1 amide bonds. The van der Waals surface area contributed by atoms with Crippen LogP contribution in [0.1, 0.15) is 51.5 Å². The molecule has 5 rings (SSSR count). The molecule has 2 aromatic heterocycles. The van der Waals surface area contributed by atoms with Crippen molar-refractivity contribution in [3.8, 4) is 11.4 Å². The normalized spacial score (nSPS) is 23.3. The van der Waals surface area contributed by atoms with Gasteiger partial charge in [-0.1, -0.05) is 6.92 Å². The van der Waals surface area contributed by atoms with Crippen LogP contribution in [0.5, 0.6) is 0 Å². The zero-order valence-corrected chi connectivity index (χ0v) is 19.1. The monoisotopic (exact) mass is 440 g/mol. The molecule has 0 bridgehead atoms. The van der Waals surface area contributed by atoms with Crippen LogP contribution >= 0.6 is 12.2 Å². The van der Waals surface area contributed by atoms with E-state index in [0.717, 1.165) is 74.4 Å². The first-order chi connectivity index (χ1) is 15.1. The lowest BCUT2D eigenvalue weighted by atomic mass is 9.93. The van der Waals surface area contributed by atoms with Crippen LogP contribution in [-0.2, 0) is 11.5 Å². The number of nitrogens with zero attached hydrogens (tertiary/aromatic N) is 6. The van der Waals surface area contributed by atoms with Gasteiger partial charge in [0.2, 0.25) is 5.91 Å². The van der Waals surface area contributed by atoms with Gasteiger partial charge < -0.3 is 4.90 Å². The average Bonchev–Trinajstić information content (AvgIpc) is 3.58. The summed E-state index contributed by atoms with van der Waals surface area (Å²) in [7, 11) is 0. The van der Waals surface area contributed by atoms with Gasteiger partial charge in [-0.05, 0) is 68.8 Å². The molecule has 7 nitrogen and oxygen atoms in total. The summed E-state index contributed by atoms with van der Waals surface area (Å²) >= 11 is 5.81. The van der Waals surface area contributed by atoms with E-state index in [1.54, 1.807) is 6.20 Å². The highest BCUT2D eigenvalue weighted by Crippen LogP contribution is 2.38. The number of hydrogen-bond acceptors (Lipinski definition) is 5. The van der Waals surface area contributed by atoms with E-state index in [2.05, 4.69) is 26.3 Å². The van der Waals surface area contributed by atoms with E-state index < -0.39 is 0 Å². The van der Waals surface area contributed by atoms with Gasteiger partial charge in [-0.15, -0.1) is 0 Å². The Balaban J connectivity index is 1.25. The van der Waals surface area contributed by atoms with Crippen LogP contribution in [0.25, 0.3) is 11.4 Å². The number of amides is 1. The van der Waals surface area contributed by atoms with Gasteiger partial charge in [-0.25, -0.2) is 4.68 Å². The third kappa shape index (κ3) is 4.46. The molecule has 1 saturated carbocycles. The number of carbonyl (C=O) groups excluding carboxylic acids is 1. The third-order valence-corrected chi connectivity index (χ3v) is 7.35. The Hall–Kier alpha value is -2.06. The fourth-order valence-corrected chi connectivity index (χ4v) is 5.36. The summed E-state index contributed by atoms with van der Waals surface area (Å²) < 4.78 is 4.96. The highest BCUT2D eigenvalue weighted by Gasteiger charge is 2.32. The number of carbonyl (C=O) groups is 1. The van der Waals surface area contributed by atoms with Crippen LogP contribution in [0.15, 0.2) is 24.5 Å². The van der Waals surface area contributed by atoms with E-state index in [-0.39, 0.29) is 5.92 Å². The molecule has 2 aromatic rings. The van der Waals surface area contributed by atoms with Crippen molar-refractivity contribution in [2.75, 3.05) is 26.2 Å². The lowest BCUT2D eigenvalue weighted by molar-refractivity contribution is -0.139. The summed E-state index contributed by atoms with van der Waals surface area (Å²) in [5.41, 5.74) is 1.01. The maximum absolute atomic E-state index is 13.0. The molecular formula is C23H32N6OS. The molecule has 0 aromatic carbocycles. The maximum atomic E-state index is 13.0. The number of aromatic nitrogens is 4. The second-order valence-electron chi connectivity index (χ2n) is 9.51. The summed E-state index contributed by atoms with van der Waals surface area (Å²) in [4.78, 5) is 21.7. The molecule has 4 heterocycles. The van der Waals surface area contributed by atoms with Gasteiger partial charge in [-0.2, -0.15) is 5.10 Å². The predicted octanol–water partition coefficient (Wildman–Crippen LogP) is 3.74. The Labute approximate surface area is 189 Å². The van der Waals surface area contributed by atoms with Crippen LogP contribution < -0.4 is 0 Å². The van der Waals surface area contributed by atoms with Crippen molar-refractivity contribution in [1.82, 2.24) is 29.1 Å².